The third kappa shape index (κ3) is 8.99. The molecule has 0 rings (SSSR count). The van der Waals surface area contributed by atoms with Crippen molar-refractivity contribution in [3.63, 3.8) is 0 Å². The Morgan fingerprint density at radius 1 is 1.17 bits per heavy atom. The third-order valence-corrected chi connectivity index (χ3v) is 0.238. The molecule has 0 fully saturated rings. The first kappa shape index (κ1) is 9.38. The van der Waals surface area contributed by atoms with Crippen LogP contribution in [0.1, 0.15) is 0 Å². The molecule has 0 radical (unpaired) electrons. The van der Waals surface area contributed by atoms with E-state index in [1.165, 1.54) is 0 Å². The van der Waals surface area contributed by atoms with Crippen LogP contribution >= 0.6 is 0 Å². The number of halogens is 1. The first-order valence-corrected chi connectivity index (χ1v) is 1.67. The van der Waals surface area contributed by atoms with Gasteiger partial charge in [0, 0.05) is 0 Å². The van der Waals surface area contributed by atoms with Gasteiger partial charge in [0.15, 0.2) is 0 Å². The summed E-state index contributed by atoms with van der Waals surface area (Å²) < 4.78 is 4.25. The topological polar surface area (TPSA) is 58.9 Å². The Labute approximate surface area is 46.6 Å². The van der Waals surface area contributed by atoms with Crippen molar-refractivity contribution in [2.75, 3.05) is 0 Å². The molecular weight excluding hydrogens is 151 g/mol. The maximum atomic E-state index is 8.86. The molecule has 0 amide bonds. The van der Waals surface area contributed by atoms with Crippen molar-refractivity contribution in [2.24, 2.45) is 8.39 Å². The van der Waals surface area contributed by atoms with E-state index >= 15 is 0 Å². The Balaban J connectivity index is 0. The second kappa shape index (κ2) is 8.89. The van der Waals surface area contributed by atoms with Crippen LogP contribution in [0.15, 0.2) is 8.39 Å². The van der Waals surface area contributed by atoms with Gasteiger partial charge >= 0.3 is 33.6 Å². The van der Waals surface area contributed by atoms with Crippen molar-refractivity contribution < 1.29 is 27.8 Å². The van der Waals surface area contributed by atoms with Gasteiger partial charge < -0.3 is 12.4 Å². The van der Waals surface area contributed by atoms with Gasteiger partial charge in [-0.2, -0.15) is 0 Å². The van der Waals surface area contributed by atoms with Gasteiger partial charge in [0.25, 0.3) is 0 Å². The van der Waals surface area contributed by atoms with Crippen LogP contribution in [0.5, 0.6) is 0 Å². The molecule has 4 nitrogen and oxygen atoms in total. The Bertz CT molecular complexity index is 40.8. The van der Waals surface area contributed by atoms with E-state index in [9.17, 15) is 0 Å². The molecular formula is ClFeN2O2. The summed E-state index contributed by atoms with van der Waals surface area (Å²) in [6.07, 6.45) is 0. The van der Waals surface area contributed by atoms with Crippen molar-refractivity contribution in [1.82, 2.24) is 0 Å². The molecule has 0 saturated heterocycles. The smallest absolute Gasteiger partial charge is 1.00 e. The second-order valence-electron chi connectivity index (χ2n) is 0.200. The fourth-order valence-electron chi connectivity index (χ4n) is 0.0118. The van der Waals surface area contributed by atoms with Crippen molar-refractivity contribution >= 4 is 0 Å². The third-order valence-electron chi connectivity index (χ3n) is 0.0577. The van der Waals surface area contributed by atoms with Gasteiger partial charge in [-0.05, 0) is 0 Å². The van der Waals surface area contributed by atoms with Gasteiger partial charge in [-0.3, -0.25) is 0 Å². The van der Waals surface area contributed by atoms with E-state index in [1.807, 2.05) is 0 Å². The SMILES string of the molecule is O=[N][Fe+][N]=O.[Cl-]. The number of hydrogen-bond acceptors (Lipinski definition) is 4. The zero-order chi connectivity index (χ0) is 4.12. The molecule has 0 unspecified atom stereocenters. The molecule has 0 N–H and O–H groups in total. The quantitative estimate of drug-likeness (QED) is 0.322. The number of nitroso groups, excluding NO2 is 2. The molecule has 0 aliphatic heterocycles. The van der Waals surface area contributed by atoms with Crippen LogP contribution in [-0.4, -0.2) is 0 Å². The zero-order valence-corrected chi connectivity index (χ0v) is 4.30. The molecule has 0 aromatic heterocycles. The van der Waals surface area contributed by atoms with Crippen LogP contribution in [0.2, 0.25) is 0 Å². The molecule has 0 aliphatic carbocycles. The van der Waals surface area contributed by atoms with Crippen LogP contribution in [0, 0.1) is 9.81 Å². The fraction of sp³-hybridized carbons (Fsp3) is 0. The van der Waals surface area contributed by atoms with Crippen molar-refractivity contribution in [3.05, 3.63) is 9.81 Å². The second-order valence-corrected chi connectivity index (χ2v) is 0.824. The van der Waals surface area contributed by atoms with E-state index in [-0.39, 0.29) is 12.4 Å². The molecule has 6 heteroatoms. The average molecular weight is 151 g/mol. The molecule has 0 saturated carbocycles. The molecule has 0 aliphatic rings. The van der Waals surface area contributed by atoms with Crippen molar-refractivity contribution in [3.8, 4) is 0 Å². The van der Waals surface area contributed by atoms with Crippen molar-refractivity contribution in [1.29, 1.82) is 0 Å². The molecule has 37 valence electrons. The van der Waals surface area contributed by atoms with E-state index < -0.39 is 15.4 Å². The maximum absolute atomic E-state index is 8.86. The molecule has 0 spiro atoms. The number of nitrogens with zero attached hydrogens (tertiary/aromatic N) is 2. The normalized spacial score (nSPS) is 5.33. The minimum absolute atomic E-state index is 0. The van der Waals surface area contributed by atoms with Gasteiger partial charge in [0.05, 0.1) is 0 Å². The van der Waals surface area contributed by atoms with Gasteiger partial charge in [-0.1, -0.05) is 0 Å². The predicted octanol–water partition coefficient (Wildman–Crippen LogP) is -2.56. The van der Waals surface area contributed by atoms with E-state index in [0.29, 0.717) is 0 Å². The number of rotatable bonds is 2. The summed E-state index contributed by atoms with van der Waals surface area (Å²) in [7, 11) is 0. The summed E-state index contributed by atoms with van der Waals surface area (Å²) in [6.45, 7) is 0. The maximum Gasteiger partial charge on any atom is -1.00 e. The first-order chi connectivity index (χ1) is 2.41. The molecule has 0 bridgehead atoms. The summed E-state index contributed by atoms with van der Waals surface area (Å²) in [6, 6.07) is 0. The molecule has 6 heavy (non-hydrogen) atoms. The summed E-state index contributed by atoms with van der Waals surface area (Å²) in [5, 5.41) is 0. The van der Waals surface area contributed by atoms with E-state index in [2.05, 4.69) is 8.39 Å². The monoisotopic (exact) mass is 151 g/mol. The van der Waals surface area contributed by atoms with Crippen LogP contribution in [0.4, 0.5) is 0 Å². The van der Waals surface area contributed by atoms with Crippen molar-refractivity contribution in [2.45, 2.75) is 0 Å². The minimum Gasteiger partial charge on any atom is -1.00 e. The largest absolute Gasteiger partial charge is 1.00 e. The fourth-order valence-corrected chi connectivity index (χ4v) is 0.0486. The Morgan fingerprint density at radius 3 is 1.50 bits per heavy atom. The van der Waals surface area contributed by atoms with Gasteiger partial charge in [-0.15, -0.1) is 0 Å². The summed E-state index contributed by atoms with van der Waals surface area (Å²) >= 11 is -0.472. The minimum atomic E-state index is -0.472. The van der Waals surface area contributed by atoms with E-state index in [1.54, 1.807) is 0 Å². The standard InChI is InChI=1S/ClH.Fe.2NO/c;;2*1-2/h1H;;;/q;+3;2*-1/p-1. The number of hydrogen-bond donors (Lipinski definition) is 0. The Kier molecular flexibility index (Phi) is 13.9. The van der Waals surface area contributed by atoms with Crippen LogP contribution in [-0.2, 0) is 15.4 Å². The van der Waals surface area contributed by atoms with Gasteiger partial charge in [-0.25, -0.2) is 0 Å². The molecule has 0 aromatic rings. The Hall–Kier alpha value is 0.00948. The first-order valence-electron chi connectivity index (χ1n) is 0.681. The summed E-state index contributed by atoms with van der Waals surface area (Å²) in [4.78, 5) is 17.7. The van der Waals surface area contributed by atoms with E-state index in [4.69, 9.17) is 9.81 Å². The van der Waals surface area contributed by atoms with Gasteiger partial charge in [0.2, 0.25) is 0 Å². The average Bonchev–Trinajstić information content (AvgIpc) is 1.41. The van der Waals surface area contributed by atoms with Crippen LogP contribution < -0.4 is 12.4 Å². The molecule has 0 aromatic carbocycles. The van der Waals surface area contributed by atoms with E-state index in [0.717, 1.165) is 0 Å². The summed E-state index contributed by atoms with van der Waals surface area (Å²) in [5.41, 5.74) is 0. The van der Waals surface area contributed by atoms with Crippen LogP contribution in [0.3, 0.4) is 0 Å². The summed E-state index contributed by atoms with van der Waals surface area (Å²) in [5.74, 6) is 0. The predicted molar refractivity (Wildman–Crippen MR) is 11.6 cm³/mol. The molecule has 0 atom stereocenters. The Morgan fingerprint density at radius 2 is 1.50 bits per heavy atom. The van der Waals surface area contributed by atoms with Crippen LogP contribution in [0.25, 0.3) is 0 Å². The zero-order valence-electron chi connectivity index (χ0n) is 2.44. The van der Waals surface area contributed by atoms with Gasteiger partial charge in [0.1, 0.15) is 0 Å². The molecule has 0 heterocycles.